The molecule has 26 heavy (non-hydrogen) atoms. The number of nitrogens with zero attached hydrogens (tertiary/aromatic N) is 1. The molecule has 136 valence electrons. The van der Waals surface area contributed by atoms with E-state index in [9.17, 15) is 9.59 Å². The number of Topliss-reactive ketones (excluding diaryl/α,β-unsaturated/α-hetero) is 2. The molecule has 0 saturated carbocycles. The number of ether oxygens (including phenoxy) is 1. The number of fused-ring (bicyclic) bond motifs is 4. The van der Waals surface area contributed by atoms with Crippen LogP contribution in [0.1, 0.15) is 48.8 Å². The molecule has 0 N–H and O–H groups in total. The number of ketones is 2. The lowest BCUT2D eigenvalue weighted by Crippen LogP contribution is -2.18. The molecule has 4 bridgehead atoms. The molecular formula is C22H25NO3. The van der Waals surface area contributed by atoms with Gasteiger partial charge in [-0.25, -0.2) is 0 Å². The van der Waals surface area contributed by atoms with Gasteiger partial charge in [0.1, 0.15) is 17.3 Å². The van der Waals surface area contributed by atoms with Crippen molar-refractivity contribution in [3.8, 4) is 5.75 Å². The Kier molecular flexibility index (Phi) is 4.94. The molecule has 4 nitrogen and oxygen atoms in total. The molecule has 1 aliphatic heterocycles. The van der Waals surface area contributed by atoms with Gasteiger partial charge >= 0.3 is 0 Å². The summed E-state index contributed by atoms with van der Waals surface area (Å²) in [6.07, 6.45) is 1.08. The smallest absolute Gasteiger partial charge is 0.143 e. The summed E-state index contributed by atoms with van der Waals surface area (Å²) in [6, 6.07) is 9.62. The fraction of sp³-hybridized carbons (Fsp3) is 0.409. The molecule has 1 aromatic carbocycles. The number of aromatic nitrogens is 1. The molecule has 0 unspecified atom stereocenters. The van der Waals surface area contributed by atoms with Crippen LogP contribution in [-0.4, -0.2) is 23.7 Å². The molecule has 1 aliphatic rings. The van der Waals surface area contributed by atoms with Crippen molar-refractivity contribution >= 4 is 11.6 Å². The van der Waals surface area contributed by atoms with E-state index in [0.717, 1.165) is 16.7 Å². The normalized spacial score (nSPS) is 15.2. The van der Waals surface area contributed by atoms with Crippen LogP contribution in [0.5, 0.6) is 5.75 Å². The molecule has 0 aliphatic carbocycles. The van der Waals surface area contributed by atoms with Crippen LogP contribution < -0.4 is 4.74 Å². The van der Waals surface area contributed by atoms with E-state index in [0.29, 0.717) is 17.1 Å². The summed E-state index contributed by atoms with van der Waals surface area (Å²) >= 11 is 0. The first-order valence-corrected chi connectivity index (χ1v) is 8.94. The Morgan fingerprint density at radius 3 is 1.81 bits per heavy atom. The molecule has 4 heteroatoms. The van der Waals surface area contributed by atoms with Crippen LogP contribution in [0.25, 0.3) is 0 Å². The largest absolute Gasteiger partial charge is 0.496 e. The van der Waals surface area contributed by atoms with Gasteiger partial charge in [-0.05, 0) is 23.1 Å². The number of carbonyl (C=O) groups is 2. The molecule has 0 fully saturated rings. The number of benzene rings is 1. The third kappa shape index (κ3) is 4.01. The van der Waals surface area contributed by atoms with Gasteiger partial charge in [0.15, 0.2) is 0 Å². The van der Waals surface area contributed by atoms with Crippen molar-refractivity contribution in [3.05, 3.63) is 58.4 Å². The zero-order chi connectivity index (χ0) is 18.9. The van der Waals surface area contributed by atoms with Crippen LogP contribution in [0.15, 0.2) is 30.3 Å². The van der Waals surface area contributed by atoms with Crippen LogP contribution in [0.4, 0.5) is 0 Å². The Balaban J connectivity index is 2.13. The topological polar surface area (TPSA) is 56.3 Å². The van der Waals surface area contributed by atoms with E-state index in [1.165, 1.54) is 0 Å². The summed E-state index contributed by atoms with van der Waals surface area (Å²) in [5.74, 6) is 0.852. The molecular weight excluding hydrogens is 326 g/mol. The number of pyridine rings is 1. The highest BCUT2D eigenvalue weighted by Gasteiger charge is 2.23. The fourth-order valence-electron chi connectivity index (χ4n) is 3.39. The maximum Gasteiger partial charge on any atom is 0.143 e. The van der Waals surface area contributed by atoms with Crippen LogP contribution in [-0.2, 0) is 40.7 Å². The summed E-state index contributed by atoms with van der Waals surface area (Å²) in [6.45, 7) is 6.39. The minimum absolute atomic E-state index is 0.0786. The third-order valence-corrected chi connectivity index (χ3v) is 4.71. The molecule has 0 saturated heterocycles. The van der Waals surface area contributed by atoms with Crippen LogP contribution in [0, 0.1) is 0 Å². The Labute approximate surface area is 154 Å². The summed E-state index contributed by atoms with van der Waals surface area (Å²) in [5, 5.41) is 0. The second-order valence-electron chi connectivity index (χ2n) is 7.98. The van der Waals surface area contributed by atoms with Gasteiger partial charge in [0.25, 0.3) is 0 Å². The zero-order valence-electron chi connectivity index (χ0n) is 15.9. The van der Waals surface area contributed by atoms with Crippen molar-refractivity contribution in [2.24, 2.45) is 0 Å². The first kappa shape index (κ1) is 18.3. The summed E-state index contributed by atoms with van der Waals surface area (Å²) < 4.78 is 5.62. The molecule has 3 rings (SSSR count). The monoisotopic (exact) mass is 351 g/mol. The van der Waals surface area contributed by atoms with E-state index < -0.39 is 0 Å². The Bertz CT molecular complexity index is 806. The van der Waals surface area contributed by atoms with Crippen molar-refractivity contribution in [1.29, 1.82) is 0 Å². The number of rotatable bonds is 1. The highest BCUT2D eigenvalue weighted by Crippen LogP contribution is 2.33. The van der Waals surface area contributed by atoms with Crippen molar-refractivity contribution < 1.29 is 14.3 Å². The van der Waals surface area contributed by atoms with Crippen molar-refractivity contribution in [2.75, 3.05) is 7.11 Å². The minimum Gasteiger partial charge on any atom is -0.496 e. The van der Waals surface area contributed by atoms with Gasteiger partial charge in [-0.1, -0.05) is 39.0 Å². The lowest BCUT2D eigenvalue weighted by atomic mass is 9.83. The van der Waals surface area contributed by atoms with Gasteiger partial charge in [-0.15, -0.1) is 0 Å². The van der Waals surface area contributed by atoms with Crippen LogP contribution >= 0.6 is 0 Å². The maximum atomic E-state index is 12.6. The van der Waals surface area contributed by atoms with Gasteiger partial charge in [-0.2, -0.15) is 0 Å². The SMILES string of the molecule is COc1c2cc(C(C)(C)C)cc1CC(=O)Cc1cccc(n1)CC(=O)C2. The summed E-state index contributed by atoms with van der Waals surface area (Å²) in [7, 11) is 1.60. The van der Waals surface area contributed by atoms with E-state index in [1.54, 1.807) is 7.11 Å². The second kappa shape index (κ2) is 7.02. The van der Waals surface area contributed by atoms with E-state index in [1.807, 2.05) is 30.3 Å². The average molecular weight is 351 g/mol. The van der Waals surface area contributed by atoms with Gasteiger partial charge in [0.05, 0.1) is 7.11 Å². The third-order valence-electron chi connectivity index (χ3n) is 4.71. The number of methoxy groups -OCH3 is 1. The van der Waals surface area contributed by atoms with Crippen LogP contribution in [0.2, 0.25) is 0 Å². The molecule has 1 aromatic heterocycles. The van der Waals surface area contributed by atoms with E-state index >= 15 is 0 Å². The molecule has 0 atom stereocenters. The van der Waals surface area contributed by atoms with Gasteiger partial charge < -0.3 is 4.74 Å². The van der Waals surface area contributed by atoms with Crippen molar-refractivity contribution in [1.82, 2.24) is 4.98 Å². The van der Waals surface area contributed by atoms with Crippen molar-refractivity contribution in [2.45, 2.75) is 51.9 Å². The molecule has 0 radical (unpaired) electrons. The first-order valence-electron chi connectivity index (χ1n) is 8.94. The zero-order valence-corrected chi connectivity index (χ0v) is 15.9. The second-order valence-corrected chi connectivity index (χ2v) is 7.98. The van der Waals surface area contributed by atoms with Gasteiger partial charge in [0.2, 0.25) is 0 Å². The molecule has 0 spiro atoms. The number of hydrogen-bond donors (Lipinski definition) is 0. The van der Waals surface area contributed by atoms with E-state index in [2.05, 4.69) is 25.8 Å². The van der Waals surface area contributed by atoms with Gasteiger partial charge in [-0.3, -0.25) is 14.6 Å². The maximum absolute atomic E-state index is 12.6. The highest BCUT2D eigenvalue weighted by molar-refractivity contribution is 5.86. The van der Waals surface area contributed by atoms with Crippen LogP contribution in [0.3, 0.4) is 0 Å². The first-order chi connectivity index (χ1) is 12.3. The lowest BCUT2D eigenvalue weighted by Gasteiger charge is -2.23. The van der Waals surface area contributed by atoms with Gasteiger partial charge in [0, 0.05) is 48.2 Å². The number of carbonyl (C=O) groups excluding carboxylic acids is 2. The van der Waals surface area contributed by atoms with E-state index in [-0.39, 0.29) is 42.7 Å². The summed E-state index contributed by atoms with van der Waals surface area (Å²) in [4.78, 5) is 29.8. The Morgan fingerprint density at radius 2 is 1.38 bits per heavy atom. The summed E-state index contributed by atoms with van der Waals surface area (Å²) in [5.41, 5.74) is 4.16. The quantitative estimate of drug-likeness (QED) is 0.790. The predicted molar refractivity (Wildman–Crippen MR) is 101 cm³/mol. The number of hydrogen-bond acceptors (Lipinski definition) is 4. The Morgan fingerprint density at radius 1 is 0.885 bits per heavy atom. The van der Waals surface area contributed by atoms with E-state index in [4.69, 9.17) is 4.74 Å². The average Bonchev–Trinajstić information content (AvgIpc) is 2.53. The van der Waals surface area contributed by atoms with Crippen molar-refractivity contribution in [3.63, 3.8) is 0 Å². The fourth-order valence-corrected chi connectivity index (χ4v) is 3.39. The molecule has 0 amide bonds. The molecule has 2 aromatic rings. The lowest BCUT2D eigenvalue weighted by molar-refractivity contribution is -0.118. The minimum atomic E-state index is -0.0786. The predicted octanol–water partition coefficient (Wildman–Crippen LogP) is 3.41. The highest BCUT2D eigenvalue weighted by atomic mass is 16.5. The standard InChI is InChI=1S/C22H25NO3/c1-22(2,3)16-8-14-10-19(24)12-17-6-5-7-18(23-17)13-20(25)11-15(9-16)21(14)26-4/h5-9H,10-13H2,1-4H3. The Hall–Kier alpha value is -2.49. The molecule has 2 heterocycles.